The maximum atomic E-state index is 13.5. The second kappa shape index (κ2) is 8.85. The van der Waals surface area contributed by atoms with Crippen molar-refractivity contribution in [2.45, 2.75) is 6.42 Å². The summed E-state index contributed by atoms with van der Waals surface area (Å²) < 4.78 is 31.3. The molecule has 0 atom stereocenters. The number of hydrogen-bond donors (Lipinski definition) is 2. The van der Waals surface area contributed by atoms with Gasteiger partial charge in [-0.3, -0.25) is 9.59 Å². The number of amides is 2. The molecular formula is C19H16F2N4O3. The highest BCUT2D eigenvalue weighted by molar-refractivity contribution is 5.89. The van der Waals surface area contributed by atoms with Gasteiger partial charge in [0.1, 0.15) is 11.6 Å². The summed E-state index contributed by atoms with van der Waals surface area (Å²) in [4.78, 5) is 27.7. The van der Waals surface area contributed by atoms with Crippen molar-refractivity contribution < 1.29 is 22.9 Å². The van der Waals surface area contributed by atoms with Crippen LogP contribution in [-0.4, -0.2) is 35.0 Å². The van der Waals surface area contributed by atoms with E-state index in [0.29, 0.717) is 11.1 Å². The van der Waals surface area contributed by atoms with E-state index >= 15 is 0 Å². The Bertz CT molecular complexity index is 973. The molecule has 2 N–H and O–H groups in total. The molecule has 0 saturated carbocycles. The van der Waals surface area contributed by atoms with E-state index in [1.165, 1.54) is 36.4 Å². The highest BCUT2D eigenvalue weighted by Gasteiger charge is 2.16. The van der Waals surface area contributed by atoms with Crippen LogP contribution in [0.15, 0.2) is 53.1 Å². The van der Waals surface area contributed by atoms with Crippen LogP contribution < -0.4 is 10.6 Å². The first-order valence-electron chi connectivity index (χ1n) is 8.41. The second-order valence-corrected chi connectivity index (χ2v) is 5.80. The summed E-state index contributed by atoms with van der Waals surface area (Å²) in [5, 5.41) is 8.77. The van der Waals surface area contributed by atoms with Gasteiger partial charge in [-0.15, -0.1) is 0 Å². The first kappa shape index (κ1) is 19.2. The number of aromatic nitrogens is 2. The lowest BCUT2D eigenvalue weighted by atomic mass is 10.1. The quantitative estimate of drug-likeness (QED) is 0.606. The third-order valence-corrected chi connectivity index (χ3v) is 3.76. The van der Waals surface area contributed by atoms with Gasteiger partial charge in [0.2, 0.25) is 11.7 Å². The van der Waals surface area contributed by atoms with Gasteiger partial charge >= 0.3 is 11.8 Å². The van der Waals surface area contributed by atoms with E-state index in [2.05, 4.69) is 20.8 Å². The van der Waals surface area contributed by atoms with E-state index in [4.69, 9.17) is 4.52 Å². The zero-order chi connectivity index (χ0) is 19.9. The minimum absolute atomic E-state index is 0.0920. The molecule has 7 nitrogen and oxygen atoms in total. The van der Waals surface area contributed by atoms with Crippen LogP contribution in [0.2, 0.25) is 0 Å². The molecule has 0 saturated heterocycles. The van der Waals surface area contributed by atoms with E-state index in [9.17, 15) is 18.4 Å². The highest BCUT2D eigenvalue weighted by atomic mass is 19.1. The molecular weight excluding hydrogens is 370 g/mol. The average molecular weight is 386 g/mol. The maximum absolute atomic E-state index is 13.5. The fourth-order valence-electron chi connectivity index (χ4n) is 2.36. The van der Waals surface area contributed by atoms with E-state index in [1.807, 2.05) is 0 Å². The Kier molecular flexibility index (Phi) is 6.05. The maximum Gasteiger partial charge on any atom is 0.316 e. The van der Waals surface area contributed by atoms with Crippen molar-refractivity contribution in [3.8, 4) is 11.4 Å². The normalized spacial score (nSPS) is 10.5. The van der Waals surface area contributed by atoms with E-state index in [0.717, 1.165) is 0 Å². The molecule has 0 bridgehead atoms. The summed E-state index contributed by atoms with van der Waals surface area (Å²) in [5.74, 6) is -1.91. The van der Waals surface area contributed by atoms with Crippen molar-refractivity contribution in [3.63, 3.8) is 0 Å². The Morgan fingerprint density at radius 3 is 2.43 bits per heavy atom. The Hall–Kier alpha value is -3.62. The largest absolute Gasteiger partial charge is 0.354 e. The second-order valence-electron chi connectivity index (χ2n) is 5.80. The van der Waals surface area contributed by atoms with Crippen LogP contribution in [0.4, 0.5) is 8.78 Å². The van der Waals surface area contributed by atoms with Crippen molar-refractivity contribution in [1.29, 1.82) is 0 Å². The standard InChI is InChI=1S/C19H16F2N4O3/c20-14-7-5-12(6-8-14)17-24-19(28-25-17)18(27)23-10-9-22-16(26)11-13-3-1-2-4-15(13)21/h1-8H,9-11H2,(H,22,26)(H,23,27). The first-order valence-corrected chi connectivity index (χ1v) is 8.41. The van der Waals surface area contributed by atoms with E-state index in [1.54, 1.807) is 12.1 Å². The van der Waals surface area contributed by atoms with Crippen LogP contribution in [0.3, 0.4) is 0 Å². The number of rotatable bonds is 7. The summed E-state index contributed by atoms with van der Waals surface area (Å²) in [6.07, 6.45) is -0.0920. The van der Waals surface area contributed by atoms with Gasteiger partial charge in [0.15, 0.2) is 0 Å². The average Bonchev–Trinajstić information content (AvgIpc) is 3.18. The fourth-order valence-corrected chi connectivity index (χ4v) is 2.36. The summed E-state index contributed by atoms with van der Waals surface area (Å²) in [7, 11) is 0. The monoisotopic (exact) mass is 386 g/mol. The van der Waals surface area contributed by atoms with Gasteiger partial charge in [-0.25, -0.2) is 8.78 Å². The summed E-state index contributed by atoms with van der Waals surface area (Å²) in [6, 6.07) is 11.4. The van der Waals surface area contributed by atoms with Crippen molar-refractivity contribution in [2.24, 2.45) is 0 Å². The molecule has 0 radical (unpaired) electrons. The van der Waals surface area contributed by atoms with E-state index in [-0.39, 0.29) is 37.1 Å². The lowest BCUT2D eigenvalue weighted by Crippen LogP contribution is -2.35. The molecule has 144 valence electrons. The van der Waals surface area contributed by atoms with Gasteiger partial charge in [0, 0.05) is 18.7 Å². The zero-order valence-corrected chi connectivity index (χ0v) is 14.6. The van der Waals surface area contributed by atoms with Gasteiger partial charge in [-0.05, 0) is 35.9 Å². The molecule has 0 unspecified atom stereocenters. The molecule has 1 aromatic heterocycles. The van der Waals surface area contributed by atoms with Crippen LogP contribution >= 0.6 is 0 Å². The number of carbonyl (C=O) groups excluding carboxylic acids is 2. The minimum Gasteiger partial charge on any atom is -0.354 e. The third-order valence-electron chi connectivity index (χ3n) is 3.76. The topological polar surface area (TPSA) is 97.1 Å². The summed E-state index contributed by atoms with van der Waals surface area (Å²) >= 11 is 0. The molecule has 9 heteroatoms. The molecule has 2 amide bonds. The highest BCUT2D eigenvalue weighted by Crippen LogP contribution is 2.16. The smallest absolute Gasteiger partial charge is 0.316 e. The molecule has 2 aromatic carbocycles. The lowest BCUT2D eigenvalue weighted by Gasteiger charge is -2.06. The Morgan fingerprint density at radius 1 is 0.964 bits per heavy atom. The van der Waals surface area contributed by atoms with Crippen LogP contribution in [0, 0.1) is 11.6 Å². The molecule has 28 heavy (non-hydrogen) atoms. The number of carbonyl (C=O) groups is 2. The van der Waals surface area contributed by atoms with Crippen LogP contribution in [0.5, 0.6) is 0 Å². The van der Waals surface area contributed by atoms with Gasteiger partial charge in [-0.2, -0.15) is 4.98 Å². The molecule has 3 aromatic rings. The molecule has 0 aliphatic heterocycles. The van der Waals surface area contributed by atoms with Crippen molar-refractivity contribution in [1.82, 2.24) is 20.8 Å². The summed E-state index contributed by atoms with van der Waals surface area (Å²) in [6.45, 7) is 0.272. The van der Waals surface area contributed by atoms with Gasteiger partial charge < -0.3 is 15.2 Å². The number of benzene rings is 2. The number of nitrogens with one attached hydrogen (secondary N) is 2. The SMILES string of the molecule is O=C(Cc1ccccc1F)NCCNC(=O)c1nc(-c2ccc(F)cc2)no1. The predicted octanol–water partition coefficient (Wildman–Crippen LogP) is 2.10. The Balaban J connectivity index is 1.44. The van der Waals surface area contributed by atoms with Crippen molar-refractivity contribution >= 4 is 11.8 Å². The molecule has 0 aliphatic rings. The third kappa shape index (κ3) is 4.97. The lowest BCUT2D eigenvalue weighted by molar-refractivity contribution is -0.120. The van der Waals surface area contributed by atoms with Gasteiger partial charge in [0.25, 0.3) is 0 Å². The summed E-state index contributed by atoms with van der Waals surface area (Å²) in [5.41, 5.74) is 0.799. The van der Waals surface area contributed by atoms with Crippen molar-refractivity contribution in [3.05, 3.63) is 71.6 Å². The molecule has 0 fully saturated rings. The van der Waals surface area contributed by atoms with Gasteiger partial charge in [-0.1, -0.05) is 23.4 Å². The van der Waals surface area contributed by atoms with Crippen LogP contribution in [-0.2, 0) is 11.2 Å². The molecule has 0 aliphatic carbocycles. The zero-order valence-electron chi connectivity index (χ0n) is 14.6. The Morgan fingerprint density at radius 2 is 1.68 bits per heavy atom. The van der Waals surface area contributed by atoms with Crippen molar-refractivity contribution in [2.75, 3.05) is 13.1 Å². The fraction of sp³-hybridized carbons (Fsp3) is 0.158. The Labute approximate surface area is 158 Å². The van der Waals surface area contributed by atoms with Crippen LogP contribution in [0.25, 0.3) is 11.4 Å². The van der Waals surface area contributed by atoms with Gasteiger partial charge in [0.05, 0.1) is 6.42 Å². The number of hydrogen-bond acceptors (Lipinski definition) is 5. The van der Waals surface area contributed by atoms with Crippen LogP contribution in [0.1, 0.15) is 16.2 Å². The minimum atomic E-state index is -0.607. The number of nitrogens with zero attached hydrogens (tertiary/aromatic N) is 2. The predicted molar refractivity (Wildman–Crippen MR) is 95.1 cm³/mol. The molecule has 1 heterocycles. The molecule has 0 spiro atoms. The number of halogens is 2. The van der Waals surface area contributed by atoms with E-state index < -0.39 is 17.5 Å². The molecule has 3 rings (SSSR count). The first-order chi connectivity index (χ1) is 13.5.